The average Bonchev–Trinajstić information content (AvgIpc) is 2.62. The molecule has 0 spiro atoms. The summed E-state index contributed by atoms with van der Waals surface area (Å²) >= 11 is 6.09. The van der Waals surface area contributed by atoms with Gasteiger partial charge in [0.2, 0.25) is 0 Å². The van der Waals surface area contributed by atoms with Crippen LogP contribution in [-0.2, 0) is 4.74 Å². The van der Waals surface area contributed by atoms with Gasteiger partial charge in [0, 0.05) is 16.5 Å². The first-order chi connectivity index (χ1) is 12.4. The van der Waals surface area contributed by atoms with E-state index in [0.717, 1.165) is 5.56 Å². The van der Waals surface area contributed by atoms with Gasteiger partial charge in [-0.25, -0.2) is 9.18 Å². The standard InChI is InChI=1S/C19H16ClFN2O3/c1-10(11-3-6-13(21)7-4-11)22-17-14-9-12(20)5-8-15(14)23-18(24)16(17)19(25)26-2/h3-10H,1-2H3,(H2,22,23,24)/t10-/m0/s1. The third kappa shape index (κ3) is 3.41. The molecule has 3 aromatic rings. The molecule has 0 amide bonds. The molecule has 0 aliphatic rings. The van der Waals surface area contributed by atoms with Crippen LogP contribution in [0.15, 0.2) is 47.3 Å². The summed E-state index contributed by atoms with van der Waals surface area (Å²) < 4.78 is 17.9. The second-order valence-corrected chi connectivity index (χ2v) is 6.24. The first kappa shape index (κ1) is 17.9. The van der Waals surface area contributed by atoms with Crippen LogP contribution in [0.25, 0.3) is 10.9 Å². The van der Waals surface area contributed by atoms with E-state index in [4.69, 9.17) is 16.3 Å². The number of anilines is 1. The van der Waals surface area contributed by atoms with E-state index in [2.05, 4.69) is 10.3 Å². The molecule has 0 bridgehead atoms. The molecule has 26 heavy (non-hydrogen) atoms. The summed E-state index contributed by atoms with van der Waals surface area (Å²) in [6.07, 6.45) is 0. The summed E-state index contributed by atoms with van der Waals surface area (Å²) in [6, 6.07) is 10.6. The quantitative estimate of drug-likeness (QED) is 0.669. The number of H-pyrrole nitrogens is 1. The third-order valence-electron chi connectivity index (χ3n) is 4.10. The lowest BCUT2D eigenvalue weighted by Gasteiger charge is -2.19. The number of nitrogens with one attached hydrogen (secondary N) is 2. The number of benzene rings is 2. The van der Waals surface area contributed by atoms with E-state index in [1.54, 1.807) is 30.3 Å². The Kier molecular flexibility index (Phi) is 4.95. The first-order valence-corrected chi connectivity index (χ1v) is 8.24. The lowest BCUT2D eigenvalue weighted by Crippen LogP contribution is -2.23. The Morgan fingerprint density at radius 3 is 2.58 bits per heavy atom. The lowest BCUT2D eigenvalue weighted by molar-refractivity contribution is 0.0600. The molecular weight excluding hydrogens is 359 g/mol. The molecular formula is C19H16ClFN2O3. The van der Waals surface area contributed by atoms with E-state index in [-0.39, 0.29) is 17.4 Å². The highest BCUT2D eigenvalue weighted by Gasteiger charge is 2.22. The topological polar surface area (TPSA) is 71.2 Å². The SMILES string of the molecule is COC(=O)c1c(N[C@@H](C)c2ccc(F)cc2)c2cc(Cl)ccc2[nH]c1=O. The summed E-state index contributed by atoms with van der Waals surface area (Å²) in [5.74, 6) is -1.11. The highest BCUT2D eigenvalue weighted by Crippen LogP contribution is 2.30. The molecule has 0 saturated heterocycles. The van der Waals surface area contributed by atoms with Crippen molar-refractivity contribution in [1.29, 1.82) is 0 Å². The van der Waals surface area contributed by atoms with Crippen molar-refractivity contribution in [3.05, 3.63) is 74.8 Å². The third-order valence-corrected chi connectivity index (χ3v) is 4.33. The van der Waals surface area contributed by atoms with Gasteiger partial charge in [0.15, 0.2) is 0 Å². The van der Waals surface area contributed by atoms with Gasteiger partial charge in [0.05, 0.1) is 18.3 Å². The van der Waals surface area contributed by atoms with Gasteiger partial charge in [-0.15, -0.1) is 0 Å². The second-order valence-electron chi connectivity index (χ2n) is 5.80. The number of carbonyl (C=O) groups is 1. The molecule has 7 heteroatoms. The summed E-state index contributed by atoms with van der Waals surface area (Å²) in [5, 5.41) is 4.20. The Balaban J connectivity index is 2.17. The average molecular weight is 375 g/mol. The van der Waals surface area contributed by atoms with Crippen LogP contribution < -0.4 is 10.9 Å². The van der Waals surface area contributed by atoms with Crippen LogP contribution in [0.5, 0.6) is 0 Å². The maximum atomic E-state index is 13.2. The van der Waals surface area contributed by atoms with Crippen molar-refractivity contribution >= 4 is 34.2 Å². The zero-order chi connectivity index (χ0) is 18.8. The van der Waals surface area contributed by atoms with Crippen molar-refractivity contribution in [1.82, 2.24) is 4.98 Å². The zero-order valence-corrected chi connectivity index (χ0v) is 14.9. The van der Waals surface area contributed by atoms with Crippen molar-refractivity contribution in [3.8, 4) is 0 Å². The van der Waals surface area contributed by atoms with Crippen molar-refractivity contribution in [2.24, 2.45) is 0 Å². The molecule has 0 aliphatic carbocycles. The highest BCUT2D eigenvalue weighted by molar-refractivity contribution is 6.31. The fraction of sp³-hybridized carbons (Fsp3) is 0.158. The minimum Gasteiger partial charge on any atom is -0.465 e. The van der Waals surface area contributed by atoms with Crippen molar-refractivity contribution in [3.63, 3.8) is 0 Å². The van der Waals surface area contributed by atoms with Crippen LogP contribution in [0.1, 0.15) is 28.9 Å². The Labute approximate surface area is 153 Å². The molecule has 1 atom stereocenters. The van der Waals surface area contributed by atoms with Crippen LogP contribution in [0, 0.1) is 5.82 Å². The Hall–Kier alpha value is -2.86. The maximum Gasteiger partial charge on any atom is 0.345 e. The first-order valence-electron chi connectivity index (χ1n) is 7.86. The molecule has 134 valence electrons. The molecule has 1 heterocycles. The summed E-state index contributed by atoms with van der Waals surface area (Å²) in [4.78, 5) is 27.3. The van der Waals surface area contributed by atoms with E-state index in [1.165, 1.54) is 19.2 Å². The number of fused-ring (bicyclic) bond motifs is 1. The van der Waals surface area contributed by atoms with Crippen LogP contribution in [0.4, 0.5) is 10.1 Å². The number of aromatic nitrogens is 1. The molecule has 1 aromatic heterocycles. The second kappa shape index (κ2) is 7.17. The number of esters is 1. The van der Waals surface area contributed by atoms with Gasteiger partial charge < -0.3 is 15.0 Å². The van der Waals surface area contributed by atoms with Crippen molar-refractivity contribution in [2.45, 2.75) is 13.0 Å². The number of rotatable bonds is 4. The number of carbonyl (C=O) groups excluding carboxylic acids is 1. The number of aromatic amines is 1. The van der Waals surface area contributed by atoms with Gasteiger partial charge in [0.25, 0.3) is 5.56 Å². The highest BCUT2D eigenvalue weighted by atomic mass is 35.5. The maximum absolute atomic E-state index is 13.2. The van der Waals surface area contributed by atoms with Gasteiger partial charge in [-0.3, -0.25) is 4.79 Å². The van der Waals surface area contributed by atoms with E-state index in [0.29, 0.717) is 21.6 Å². The molecule has 0 saturated carbocycles. The van der Waals surface area contributed by atoms with E-state index in [9.17, 15) is 14.0 Å². The molecule has 0 aliphatic heterocycles. The monoisotopic (exact) mass is 374 g/mol. The molecule has 2 N–H and O–H groups in total. The number of hydrogen-bond donors (Lipinski definition) is 2. The van der Waals surface area contributed by atoms with E-state index < -0.39 is 11.5 Å². The predicted molar refractivity (Wildman–Crippen MR) is 99.4 cm³/mol. The largest absolute Gasteiger partial charge is 0.465 e. The molecule has 2 aromatic carbocycles. The van der Waals surface area contributed by atoms with Gasteiger partial charge in [-0.1, -0.05) is 23.7 Å². The summed E-state index contributed by atoms with van der Waals surface area (Å²) in [5.41, 5.74) is 0.921. The number of hydrogen-bond acceptors (Lipinski definition) is 4. The predicted octanol–water partition coefficient (Wildman–Crippen LogP) is 4.28. The number of methoxy groups -OCH3 is 1. The van der Waals surface area contributed by atoms with Gasteiger partial charge in [-0.05, 0) is 42.8 Å². The number of halogens is 2. The van der Waals surface area contributed by atoms with E-state index in [1.807, 2.05) is 6.92 Å². The van der Waals surface area contributed by atoms with Crippen LogP contribution in [0.2, 0.25) is 5.02 Å². The summed E-state index contributed by atoms with van der Waals surface area (Å²) in [6.45, 7) is 1.84. The normalized spacial score (nSPS) is 12.0. The zero-order valence-electron chi connectivity index (χ0n) is 14.1. The van der Waals surface area contributed by atoms with Crippen LogP contribution >= 0.6 is 11.6 Å². The number of pyridine rings is 1. The van der Waals surface area contributed by atoms with Crippen molar-refractivity contribution < 1.29 is 13.9 Å². The van der Waals surface area contributed by atoms with E-state index >= 15 is 0 Å². The smallest absolute Gasteiger partial charge is 0.345 e. The van der Waals surface area contributed by atoms with Crippen molar-refractivity contribution in [2.75, 3.05) is 12.4 Å². The Morgan fingerprint density at radius 1 is 1.23 bits per heavy atom. The van der Waals surface area contributed by atoms with Gasteiger partial charge in [-0.2, -0.15) is 0 Å². The van der Waals surface area contributed by atoms with Gasteiger partial charge in [0.1, 0.15) is 11.4 Å². The Bertz CT molecular complexity index is 1030. The molecule has 0 radical (unpaired) electrons. The Morgan fingerprint density at radius 2 is 1.92 bits per heavy atom. The molecule has 0 unspecified atom stereocenters. The molecule has 5 nitrogen and oxygen atoms in total. The molecule has 3 rings (SSSR count). The minimum atomic E-state index is -0.762. The fourth-order valence-electron chi connectivity index (χ4n) is 2.76. The lowest BCUT2D eigenvalue weighted by atomic mass is 10.0. The minimum absolute atomic E-state index is 0.142. The summed E-state index contributed by atoms with van der Waals surface area (Å²) in [7, 11) is 1.21. The number of ether oxygens (including phenoxy) is 1. The molecule has 0 fully saturated rings. The fourth-order valence-corrected chi connectivity index (χ4v) is 2.94. The van der Waals surface area contributed by atoms with Crippen LogP contribution in [-0.4, -0.2) is 18.1 Å². The van der Waals surface area contributed by atoms with Crippen LogP contribution in [0.3, 0.4) is 0 Å². The van der Waals surface area contributed by atoms with Gasteiger partial charge >= 0.3 is 5.97 Å².